The summed E-state index contributed by atoms with van der Waals surface area (Å²) in [6.45, 7) is 0. The number of nitrogens with zero attached hydrogens (tertiary/aromatic N) is 1. The molecule has 1 saturated heterocycles. The summed E-state index contributed by atoms with van der Waals surface area (Å²) in [5, 5.41) is 10.6. The Kier molecular flexibility index (Phi) is 3.67. The highest BCUT2D eigenvalue weighted by Crippen LogP contribution is 2.30. The van der Waals surface area contributed by atoms with E-state index in [0.29, 0.717) is 17.3 Å². The normalized spacial score (nSPS) is 25.4. The maximum Gasteiger partial charge on any atom is 0.270 e. The molecule has 19 heavy (non-hydrogen) atoms. The SMILES string of the molecule is NC1(Cc2ccc([N+](=O)[O-])cc2Br)CCS(=O)(=O)C1. The lowest BCUT2D eigenvalue weighted by Gasteiger charge is -2.22. The summed E-state index contributed by atoms with van der Waals surface area (Å²) in [5.74, 6) is 0.0670. The molecule has 2 rings (SSSR count). The number of nitro benzene ring substituents is 1. The molecule has 1 fully saturated rings. The van der Waals surface area contributed by atoms with Crippen LogP contribution >= 0.6 is 15.9 Å². The van der Waals surface area contributed by atoms with E-state index < -0.39 is 20.3 Å². The minimum absolute atomic E-state index is 0.0132. The van der Waals surface area contributed by atoms with Crippen molar-refractivity contribution in [2.45, 2.75) is 18.4 Å². The van der Waals surface area contributed by atoms with Crippen LogP contribution in [0.3, 0.4) is 0 Å². The molecule has 1 heterocycles. The van der Waals surface area contributed by atoms with Crippen LogP contribution in [0.15, 0.2) is 22.7 Å². The third kappa shape index (κ3) is 3.31. The molecule has 1 aromatic carbocycles. The third-order valence-electron chi connectivity index (χ3n) is 3.21. The fourth-order valence-corrected chi connectivity index (χ4v) is 4.74. The molecule has 0 saturated carbocycles. The molecule has 0 amide bonds. The Morgan fingerprint density at radius 1 is 1.47 bits per heavy atom. The predicted octanol–water partition coefficient (Wildman–Crippen LogP) is 1.42. The van der Waals surface area contributed by atoms with Gasteiger partial charge in [0.1, 0.15) is 0 Å². The average molecular weight is 349 g/mol. The van der Waals surface area contributed by atoms with Gasteiger partial charge in [-0.1, -0.05) is 22.0 Å². The molecule has 0 aliphatic carbocycles. The number of nitro groups is 1. The molecule has 1 aliphatic rings. The van der Waals surface area contributed by atoms with E-state index >= 15 is 0 Å². The standard InChI is InChI=1S/C11H13BrN2O4S/c12-10-5-9(14(15)16)2-1-8(10)6-11(13)3-4-19(17,18)7-11/h1-2,5H,3-4,6-7,13H2. The molecule has 1 unspecified atom stereocenters. The Bertz CT molecular complexity index is 632. The minimum Gasteiger partial charge on any atom is -0.324 e. The van der Waals surface area contributed by atoms with Crippen molar-refractivity contribution >= 4 is 31.5 Å². The first kappa shape index (κ1) is 14.4. The van der Waals surface area contributed by atoms with Gasteiger partial charge in [-0.05, 0) is 18.4 Å². The summed E-state index contributed by atoms with van der Waals surface area (Å²) in [7, 11) is -3.06. The van der Waals surface area contributed by atoms with Crippen molar-refractivity contribution in [2.75, 3.05) is 11.5 Å². The first-order valence-corrected chi connectivity index (χ1v) is 8.24. The number of benzene rings is 1. The van der Waals surface area contributed by atoms with Crippen molar-refractivity contribution in [2.24, 2.45) is 5.73 Å². The number of hydrogen-bond donors (Lipinski definition) is 1. The van der Waals surface area contributed by atoms with Gasteiger partial charge in [0.05, 0.1) is 16.4 Å². The minimum atomic E-state index is -3.06. The molecular weight excluding hydrogens is 336 g/mol. The molecule has 1 aromatic rings. The van der Waals surface area contributed by atoms with Crippen LogP contribution in [0.2, 0.25) is 0 Å². The maximum absolute atomic E-state index is 11.5. The number of non-ortho nitro benzene ring substituents is 1. The van der Waals surface area contributed by atoms with Crippen LogP contribution < -0.4 is 5.73 Å². The first-order chi connectivity index (χ1) is 8.71. The van der Waals surface area contributed by atoms with Crippen molar-refractivity contribution in [3.05, 3.63) is 38.3 Å². The quantitative estimate of drug-likeness (QED) is 0.657. The van der Waals surface area contributed by atoms with E-state index in [2.05, 4.69) is 15.9 Å². The van der Waals surface area contributed by atoms with Crippen LogP contribution in [-0.4, -0.2) is 30.4 Å². The highest BCUT2D eigenvalue weighted by atomic mass is 79.9. The highest BCUT2D eigenvalue weighted by molar-refractivity contribution is 9.10. The second-order valence-corrected chi connectivity index (χ2v) is 7.95. The van der Waals surface area contributed by atoms with Gasteiger partial charge in [-0.25, -0.2) is 8.42 Å². The molecule has 6 nitrogen and oxygen atoms in total. The fourth-order valence-electron chi connectivity index (χ4n) is 2.25. The van der Waals surface area contributed by atoms with Crippen molar-refractivity contribution in [1.29, 1.82) is 0 Å². The van der Waals surface area contributed by atoms with Gasteiger partial charge in [0, 0.05) is 22.1 Å². The summed E-state index contributed by atoms with van der Waals surface area (Å²) >= 11 is 3.27. The molecule has 1 aliphatic heterocycles. The molecule has 0 radical (unpaired) electrons. The van der Waals surface area contributed by atoms with Gasteiger partial charge in [-0.3, -0.25) is 10.1 Å². The second kappa shape index (κ2) is 4.84. The summed E-state index contributed by atoms with van der Waals surface area (Å²) in [6.07, 6.45) is 0.795. The second-order valence-electron chi connectivity index (χ2n) is 4.91. The monoisotopic (exact) mass is 348 g/mol. The van der Waals surface area contributed by atoms with Gasteiger partial charge in [-0.15, -0.1) is 0 Å². The Morgan fingerprint density at radius 3 is 2.63 bits per heavy atom. The lowest BCUT2D eigenvalue weighted by molar-refractivity contribution is -0.384. The molecule has 2 N–H and O–H groups in total. The van der Waals surface area contributed by atoms with Crippen LogP contribution in [0.4, 0.5) is 5.69 Å². The average Bonchev–Trinajstić information content (AvgIpc) is 2.56. The fraction of sp³-hybridized carbons (Fsp3) is 0.455. The van der Waals surface area contributed by atoms with Crippen LogP contribution in [0, 0.1) is 10.1 Å². The zero-order valence-corrected chi connectivity index (χ0v) is 12.4. The van der Waals surface area contributed by atoms with Gasteiger partial charge in [0.25, 0.3) is 5.69 Å². The number of hydrogen-bond acceptors (Lipinski definition) is 5. The summed E-state index contributed by atoms with van der Waals surface area (Å²) in [6, 6.07) is 4.41. The zero-order valence-electron chi connectivity index (χ0n) is 10.0. The predicted molar refractivity (Wildman–Crippen MR) is 74.7 cm³/mol. The van der Waals surface area contributed by atoms with Crippen molar-refractivity contribution in [3.63, 3.8) is 0 Å². The number of rotatable bonds is 3. The van der Waals surface area contributed by atoms with Crippen LogP contribution in [0.1, 0.15) is 12.0 Å². The molecule has 0 bridgehead atoms. The van der Waals surface area contributed by atoms with Crippen molar-refractivity contribution in [1.82, 2.24) is 0 Å². The smallest absolute Gasteiger partial charge is 0.270 e. The van der Waals surface area contributed by atoms with Crippen LogP contribution in [0.5, 0.6) is 0 Å². The Balaban J connectivity index is 2.23. The van der Waals surface area contributed by atoms with Gasteiger partial charge >= 0.3 is 0 Å². The number of nitrogens with two attached hydrogens (primary N) is 1. The van der Waals surface area contributed by atoms with E-state index in [1.54, 1.807) is 6.07 Å². The van der Waals surface area contributed by atoms with Crippen LogP contribution in [0.25, 0.3) is 0 Å². The number of sulfone groups is 1. The zero-order chi connectivity index (χ0) is 14.3. The van der Waals surface area contributed by atoms with Gasteiger partial charge in [-0.2, -0.15) is 0 Å². The van der Waals surface area contributed by atoms with Crippen molar-refractivity contribution < 1.29 is 13.3 Å². The Labute approximate surface area is 119 Å². The highest BCUT2D eigenvalue weighted by Gasteiger charge is 2.39. The Hall–Kier alpha value is -0.990. The third-order valence-corrected chi connectivity index (χ3v) is 5.79. The summed E-state index contributed by atoms with van der Waals surface area (Å²) in [5.41, 5.74) is 6.09. The summed E-state index contributed by atoms with van der Waals surface area (Å²) in [4.78, 5) is 10.2. The maximum atomic E-state index is 11.5. The molecular formula is C11H13BrN2O4S. The first-order valence-electron chi connectivity index (χ1n) is 5.63. The van der Waals surface area contributed by atoms with Crippen molar-refractivity contribution in [3.8, 4) is 0 Å². The largest absolute Gasteiger partial charge is 0.324 e. The van der Waals surface area contributed by atoms with E-state index in [-0.39, 0.29) is 17.2 Å². The number of halogens is 1. The van der Waals surface area contributed by atoms with Crippen LogP contribution in [-0.2, 0) is 16.3 Å². The molecule has 0 spiro atoms. The molecule has 104 valence electrons. The van der Waals surface area contributed by atoms with E-state index in [4.69, 9.17) is 5.73 Å². The molecule has 1 atom stereocenters. The Morgan fingerprint density at radius 2 is 2.16 bits per heavy atom. The summed E-state index contributed by atoms with van der Waals surface area (Å²) < 4.78 is 23.5. The molecule has 0 aromatic heterocycles. The van der Waals surface area contributed by atoms with Gasteiger partial charge in [0.15, 0.2) is 9.84 Å². The van der Waals surface area contributed by atoms with Gasteiger partial charge < -0.3 is 5.73 Å². The molecule has 8 heteroatoms. The topological polar surface area (TPSA) is 103 Å². The van der Waals surface area contributed by atoms with E-state index in [1.165, 1.54) is 12.1 Å². The van der Waals surface area contributed by atoms with Gasteiger partial charge in [0.2, 0.25) is 0 Å². The lowest BCUT2D eigenvalue weighted by Crippen LogP contribution is -2.43. The van der Waals surface area contributed by atoms with E-state index in [9.17, 15) is 18.5 Å². The van der Waals surface area contributed by atoms with E-state index in [1.807, 2.05) is 0 Å². The van der Waals surface area contributed by atoms with E-state index in [0.717, 1.165) is 5.56 Å². The lowest BCUT2D eigenvalue weighted by atomic mass is 9.91.